The Hall–Kier alpha value is -4.46. The zero-order valence-electron chi connectivity index (χ0n) is 20.3. The summed E-state index contributed by atoms with van der Waals surface area (Å²) in [4.78, 5) is 50.8. The second kappa shape index (κ2) is 12.5. The quantitative estimate of drug-likeness (QED) is 0.163. The Morgan fingerprint density at radius 2 is 1.70 bits per heavy atom. The lowest BCUT2D eigenvalue weighted by molar-refractivity contribution is -0.384. The number of nitrogens with zero attached hydrogens (tertiary/aromatic N) is 5. The van der Waals surface area contributed by atoms with Gasteiger partial charge >= 0.3 is 11.9 Å². The maximum atomic E-state index is 11.8. The number of aromatic nitrogens is 1. The second-order valence-electron chi connectivity index (χ2n) is 7.66. The van der Waals surface area contributed by atoms with E-state index in [0.29, 0.717) is 40.4 Å². The number of benzene rings is 2. The minimum absolute atomic E-state index is 0.0462. The average Bonchev–Trinajstić information content (AvgIpc) is 3.23. The maximum Gasteiger partial charge on any atom is 0.302 e. The normalized spacial score (nSPS) is 10.9. The predicted molar refractivity (Wildman–Crippen MR) is 137 cm³/mol. The molecule has 0 bridgehead atoms. The number of hydrogen-bond acceptors (Lipinski definition) is 12. The zero-order chi connectivity index (χ0) is 26.9. The molecule has 1 aromatic heterocycles. The molecular weight excluding hydrogens is 504 g/mol. The van der Waals surface area contributed by atoms with Crippen LogP contribution in [0.3, 0.4) is 0 Å². The van der Waals surface area contributed by atoms with Crippen molar-refractivity contribution in [1.29, 1.82) is 0 Å². The van der Waals surface area contributed by atoms with Gasteiger partial charge in [-0.2, -0.15) is 0 Å². The van der Waals surface area contributed by atoms with Gasteiger partial charge in [0.05, 0.1) is 33.9 Å². The summed E-state index contributed by atoms with van der Waals surface area (Å²) in [5.41, 5.74) is 1.89. The molecular formula is C23H24N6O7S. The van der Waals surface area contributed by atoms with E-state index in [4.69, 9.17) is 9.47 Å². The number of esters is 2. The van der Waals surface area contributed by atoms with Crippen LogP contribution in [0.15, 0.2) is 46.6 Å². The van der Waals surface area contributed by atoms with Crippen LogP contribution in [0.4, 0.5) is 27.9 Å². The SMILES string of the molecule is CC(=O)Nc1cc(N(CCOC(C)=O)CCOC(C)=O)ccc1N=Nc1nc2ccc([N+](=O)[O-])cc2s1. The number of carbonyl (C=O) groups excluding carboxylic acids is 3. The van der Waals surface area contributed by atoms with Crippen molar-refractivity contribution in [2.45, 2.75) is 20.8 Å². The summed E-state index contributed by atoms with van der Waals surface area (Å²) in [6, 6.07) is 9.39. The summed E-state index contributed by atoms with van der Waals surface area (Å²) in [6.45, 7) is 4.84. The van der Waals surface area contributed by atoms with Gasteiger partial charge in [-0.25, -0.2) is 4.98 Å². The van der Waals surface area contributed by atoms with Crippen LogP contribution in [0.1, 0.15) is 20.8 Å². The fraction of sp³-hybridized carbons (Fsp3) is 0.304. The Morgan fingerprint density at radius 1 is 1.03 bits per heavy atom. The molecule has 3 rings (SSSR count). The van der Waals surface area contributed by atoms with E-state index >= 15 is 0 Å². The fourth-order valence-corrected chi connectivity index (χ4v) is 4.04. The van der Waals surface area contributed by atoms with Crippen molar-refractivity contribution in [3.8, 4) is 0 Å². The third-order valence-electron chi connectivity index (χ3n) is 4.80. The van der Waals surface area contributed by atoms with Gasteiger partial charge in [-0.3, -0.25) is 24.5 Å². The molecule has 3 aromatic rings. The van der Waals surface area contributed by atoms with E-state index in [1.54, 1.807) is 24.3 Å². The molecule has 1 N–H and O–H groups in total. The Kier molecular flexibility index (Phi) is 9.16. The lowest BCUT2D eigenvalue weighted by atomic mass is 10.2. The molecule has 0 aliphatic carbocycles. The van der Waals surface area contributed by atoms with Crippen LogP contribution in [0, 0.1) is 10.1 Å². The van der Waals surface area contributed by atoms with Crippen LogP contribution in [0.2, 0.25) is 0 Å². The zero-order valence-corrected chi connectivity index (χ0v) is 21.1. The number of hydrogen-bond donors (Lipinski definition) is 1. The summed E-state index contributed by atoms with van der Waals surface area (Å²) >= 11 is 1.14. The number of carbonyl (C=O) groups is 3. The highest BCUT2D eigenvalue weighted by molar-refractivity contribution is 7.21. The van der Waals surface area contributed by atoms with E-state index in [-0.39, 0.29) is 29.9 Å². The minimum Gasteiger partial charge on any atom is -0.464 e. The highest BCUT2D eigenvalue weighted by atomic mass is 32.1. The molecule has 37 heavy (non-hydrogen) atoms. The number of nitro groups is 1. The van der Waals surface area contributed by atoms with E-state index in [2.05, 4.69) is 20.5 Å². The third kappa shape index (κ3) is 8.03. The highest BCUT2D eigenvalue weighted by Crippen LogP contribution is 2.34. The maximum absolute atomic E-state index is 11.8. The number of amides is 1. The Balaban J connectivity index is 1.87. The summed E-state index contributed by atoms with van der Waals surface area (Å²) in [6.07, 6.45) is 0. The van der Waals surface area contributed by atoms with E-state index in [0.717, 1.165) is 11.3 Å². The highest BCUT2D eigenvalue weighted by Gasteiger charge is 2.14. The van der Waals surface area contributed by atoms with Crippen LogP contribution < -0.4 is 10.2 Å². The lowest BCUT2D eigenvalue weighted by Gasteiger charge is -2.25. The summed E-state index contributed by atoms with van der Waals surface area (Å²) in [5, 5.41) is 22.4. The third-order valence-corrected chi connectivity index (χ3v) is 5.71. The van der Waals surface area contributed by atoms with Gasteiger partial charge in [0.25, 0.3) is 5.69 Å². The van der Waals surface area contributed by atoms with Crippen molar-refractivity contribution >= 4 is 67.3 Å². The average molecular weight is 529 g/mol. The molecule has 0 fully saturated rings. The molecule has 0 spiro atoms. The monoisotopic (exact) mass is 528 g/mol. The number of nitrogens with one attached hydrogen (secondary N) is 1. The van der Waals surface area contributed by atoms with Crippen molar-refractivity contribution in [3.05, 3.63) is 46.5 Å². The fourth-order valence-electron chi connectivity index (χ4n) is 3.22. The van der Waals surface area contributed by atoms with Crippen LogP contribution in [-0.2, 0) is 23.9 Å². The molecule has 0 unspecified atom stereocenters. The van der Waals surface area contributed by atoms with Gasteiger partial charge in [-0.15, -0.1) is 10.2 Å². The topological polar surface area (TPSA) is 166 Å². The molecule has 1 amide bonds. The molecule has 0 radical (unpaired) electrons. The smallest absolute Gasteiger partial charge is 0.302 e. The molecule has 14 heteroatoms. The summed E-state index contributed by atoms with van der Waals surface area (Å²) in [7, 11) is 0. The first-order valence-electron chi connectivity index (χ1n) is 11.0. The molecule has 1 heterocycles. The van der Waals surface area contributed by atoms with Gasteiger partial charge < -0.3 is 19.7 Å². The first kappa shape index (κ1) is 27.1. The lowest BCUT2D eigenvalue weighted by Crippen LogP contribution is -2.32. The Labute approximate surface area is 215 Å². The van der Waals surface area contributed by atoms with Crippen LogP contribution in [-0.4, -0.2) is 54.1 Å². The van der Waals surface area contributed by atoms with Crippen molar-refractivity contribution in [2.75, 3.05) is 36.5 Å². The molecule has 13 nitrogen and oxygen atoms in total. The van der Waals surface area contributed by atoms with Crippen LogP contribution >= 0.6 is 11.3 Å². The second-order valence-corrected chi connectivity index (χ2v) is 8.66. The Morgan fingerprint density at radius 3 is 2.30 bits per heavy atom. The largest absolute Gasteiger partial charge is 0.464 e. The van der Waals surface area contributed by atoms with Gasteiger partial charge in [0, 0.05) is 38.6 Å². The molecule has 0 aliphatic rings. The van der Waals surface area contributed by atoms with Gasteiger partial charge in [-0.1, -0.05) is 11.3 Å². The number of fused-ring (bicyclic) bond motifs is 1. The van der Waals surface area contributed by atoms with E-state index in [1.807, 2.05) is 4.90 Å². The van der Waals surface area contributed by atoms with Gasteiger partial charge in [0.15, 0.2) is 0 Å². The number of non-ortho nitro benzene ring substituents is 1. The van der Waals surface area contributed by atoms with E-state index < -0.39 is 16.9 Å². The first-order chi connectivity index (χ1) is 17.6. The molecule has 0 saturated heterocycles. The van der Waals surface area contributed by atoms with Crippen molar-refractivity contribution < 1.29 is 28.8 Å². The van der Waals surface area contributed by atoms with Gasteiger partial charge in [0.1, 0.15) is 18.9 Å². The van der Waals surface area contributed by atoms with Crippen molar-refractivity contribution in [3.63, 3.8) is 0 Å². The van der Waals surface area contributed by atoms with Gasteiger partial charge in [-0.05, 0) is 24.3 Å². The summed E-state index contributed by atoms with van der Waals surface area (Å²) in [5.74, 6) is -1.16. The standard InChI is InChI=1S/C23H24N6O7S/c1-14(30)24-21-12-17(28(8-10-35-15(2)31)9-11-36-16(3)32)4-6-19(21)26-27-23-25-20-7-5-18(29(33)34)13-22(20)37-23/h4-7,12-13H,8-11H2,1-3H3,(H,24,30). The van der Waals surface area contributed by atoms with Crippen LogP contribution in [0.25, 0.3) is 10.2 Å². The number of rotatable bonds is 11. The van der Waals surface area contributed by atoms with Crippen LogP contribution in [0.5, 0.6) is 0 Å². The number of nitro benzene ring substituents is 1. The first-order valence-corrected chi connectivity index (χ1v) is 11.8. The number of thiazole rings is 1. The van der Waals surface area contributed by atoms with Crippen molar-refractivity contribution in [1.82, 2.24) is 4.98 Å². The number of anilines is 2. The Bertz CT molecular complexity index is 1340. The van der Waals surface area contributed by atoms with Crippen molar-refractivity contribution in [2.24, 2.45) is 10.2 Å². The molecule has 2 aromatic carbocycles. The predicted octanol–water partition coefficient (Wildman–Crippen LogP) is 4.51. The van der Waals surface area contributed by atoms with Gasteiger partial charge in [0.2, 0.25) is 11.0 Å². The number of ether oxygens (including phenoxy) is 2. The molecule has 0 saturated carbocycles. The molecule has 0 atom stereocenters. The van der Waals surface area contributed by atoms with E-state index in [1.165, 1.54) is 32.9 Å². The molecule has 0 aliphatic heterocycles. The number of azo groups is 1. The minimum atomic E-state index is -0.483. The van der Waals surface area contributed by atoms with E-state index in [9.17, 15) is 24.5 Å². The summed E-state index contributed by atoms with van der Waals surface area (Å²) < 4.78 is 10.7. The molecule has 194 valence electrons.